The monoisotopic (exact) mass is 266 g/mol. The van der Waals surface area contributed by atoms with Crippen molar-refractivity contribution in [3.05, 3.63) is 12.2 Å². The van der Waals surface area contributed by atoms with Gasteiger partial charge in [-0.25, -0.2) is 0 Å². The molecule has 1 fully saturated rings. The van der Waals surface area contributed by atoms with Gasteiger partial charge in [0.2, 0.25) is 0 Å². The standard InChI is InChI=1S/C12H21F3OSi/c1-2-3-6-11(7-4-5-9-16-11)17-10-8-12(13,14)15/h2-3H,4-10,17H2,1H3. The third-order valence-corrected chi connectivity index (χ3v) is 5.72. The number of ether oxygens (including phenoxy) is 1. The van der Waals surface area contributed by atoms with E-state index in [4.69, 9.17) is 4.74 Å². The topological polar surface area (TPSA) is 9.23 Å². The van der Waals surface area contributed by atoms with E-state index in [0.717, 1.165) is 32.3 Å². The minimum atomic E-state index is -4.01. The van der Waals surface area contributed by atoms with E-state index in [1.165, 1.54) is 0 Å². The van der Waals surface area contributed by atoms with E-state index >= 15 is 0 Å². The highest BCUT2D eigenvalue weighted by atomic mass is 28.2. The average molecular weight is 266 g/mol. The summed E-state index contributed by atoms with van der Waals surface area (Å²) >= 11 is 0. The van der Waals surface area contributed by atoms with Gasteiger partial charge < -0.3 is 4.74 Å². The summed E-state index contributed by atoms with van der Waals surface area (Å²) < 4.78 is 42.3. The molecule has 0 aromatic heterocycles. The van der Waals surface area contributed by atoms with Gasteiger partial charge >= 0.3 is 6.18 Å². The molecule has 1 atom stereocenters. The summed E-state index contributed by atoms with van der Waals surface area (Å²) in [6.07, 6.45) is 3.23. The lowest BCUT2D eigenvalue weighted by Crippen LogP contribution is -2.42. The average Bonchev–Trinajstić information content (AvgIpc) is 2.26. The number of allylic oxidation sites excluding steroid dienone is 1. The highest BCUT2D eigenvalue weighted by Crippen LogP contribution is 2.31. The Morgan fingerprint density at radius 1 is 1.35 bits per heavy atom. The molecule has 1 rings (SSSR count). The summed E-state index contributed by atoms with van der Waals surface area (Å²) in [5, 5.41) is -0.198. The van der Waals surface area contributed by atoms with Crippen LogP contribution in [0.2, 0.25) is 6.04 Å². The second-order valence-electron chi connectivity index (χ2n) is 4.73. The van der Waals surface area contributed by atoms with E-state index in [1.807, 2.05) is 19.1 Å². The van der Waals surface area contributed by atoms with Crippen molar-refractivity contribution < 1.29 is 17.9 Å². The molecule has 0 saturated carbocycles. The summed E-state index contributed by atoms with van der Waals surface area (Å²) in [4.78, 5) is 0. The Labute approximate surface area is 103 Å². The van der Waals surface area contributed by atoms with Gasteiger partial charge in [-0.15, -0.1) is 0 Å². The van der Waals surface area contributed by atoms with Crippen LogP contribution < -0.4 is 0 Å². The number of rotatable bonds is 5. The van der Waals surface area contributed by atoms with E-state index in [1.54, 1.807) is 0 Å². The molecule has 0 N–H and O–H groups in total. The molecular formula is C12H21F3OSi. The molecule has 1 unspecified atom stereocenters. The zero-order chi connectivity index (χ0) is 12.8. The molecule has 5 heteroatoms. The van der Waals surface area contributed by atoms with Crippen molar-refractivity contribution in [2.24, 2.45) is 0 Å². The number of hydrogen-bond acceptors (Lipinski definition) is 1. The van der Waals surface area contributed by atoms with Gasteiger partial charge in [0.05, 0.1) is 14.7 Å². The highest BCUT2D eigenvalue weighted by molar-refractivity contribution is 6.39. The first-order chi connectivity index (χ1) is 7.97. The predicted octanol–water partition coefficient (Wildman–Crippen LogP) is 3.39. The van der Waals surface area contributed by atoms with E-state index in [2.05, 4.69) is 0 Å². The molecule has 1 nitrogen and oxygen atoms in total. The van der Waals surface area contributed by atoms with Crippen LogP contribution in [0, 0.1) is 0 Å². The Kier molecular flexibility index (Phi) is 5.72. The molecule has 0 aromatic rings. The summed E-state index contributed by atoms with van der Waals surface area (Å²) in [5.41, 5.74) is 0. The fourth-order valence-electron chi connectivity index (χ4n) is 2.31. The molecule has 0 bridgehead atoms. The van der Waals surface area contributed by atoms with Gasteiger partial charge in [-0.3, -0.25) is 0 Å². The fraction of sp³-hybridized carbons (Fsp3) is 0.833. The van der Waals surface area contributed by atoms with Gasteiger partial charge in [-0.2, -0.15) is 13.2 Å². The van der Waals surface area contributed by atoms with Crippen LogP contribution in [0.5, 0.6) is 0 Å². The van der Waals surface area contributed by atoms with E-state index in [0.29, 0.717) is 6.04 Å². The van der Waals surface area contributed by atoms with Crippen LogP contribution in [-0.4, -0.2) is 27.5 Å². The van der Waals surface area contributed by atoms with Crippen LogP contribution in [-0.2, 0) is 4.74 Å². The van der Waals surface area contributed by atoms with Gasteiger partial charge in [0, 0.05) is 13.0 Å². The van der Waals surface area contributed by atoms with Crippen LogP contribution >= 0.6 is 0 Å². The Balaban J connectivity index is 2.45. The van der Waals surface area contributed by atoms with Crippen LogP contribution in [0.4, 0.5) is 13.2 Å². The van der Waals surface area contributed by atoms with Crippen molar-refractivity contribution in [2.45, 2.75) is 56.5 Å². The Morgan fingerprint density at radius 3 is 2.65 bits per heavy atom. The lowest BCUT2D eigenvalue weighted by molar-refractivity contribution is -0.130. The van der Waals surface area contributed by atoms with Crippen molar-refractivity contribution >= 4 is 9.52 Å². The van der Waals surface area contributed by atoms with E-state index in [9.17, 15) is 13.2 Å². The van der Waals surface area contributed by atoms with Gasteiger partial charge in [0.25, 0.3) is 0 Å². The molecule has 1 aliphatic heterocycles. The normalized spacial score (nSPS) is 27.3. The molecule has 1 heterocycles. The molecule has 1 saturated heterocycles. The highest BCUT2D eigenvalue weighted by Gasteiger charge is 2.34. The van der Waals surface area contributed by atoms with Crippen molar-refractivity contribution in [3.63, 3.8) is 0 Å². The number of alkyl halides is 3. The van der Waals surface area contributed by atoms with E-state index < -0.39 is 22.1 Å². The molecular weight excluding hydrogens is 245 g/mol. The summed E-state index contributed by atoms with van der Waals surface area (Å²) in [6.45, 7) is 2.66. The minimum Gasteiger partial charge on any atom is -0.379 e. The molecule has 100 valence electrons. The van der Waals surface area contributed by atoms with Gasteiger partial charge in [-0.1, -0.05) is 18.2 Å². The maximum Gasteiger partial charge on any atom is 0.388 e. The van der Waals surface area contributed by atoms with Crippen LogP contribution in [0.25, 0.3) is 0 Å². The minimum absolute atomic E-state index is 0.198. The third kappa shape index (κ3) is 5.72. The van der Waals surface area contributed by atoms with Crippen LogP contribution in [0.3, 0.4) is 0 Å². The van der Waals surface area contributed by atoms with Crippen molar-refractivity contribution in [1.82, 2.24) is 0 Å². The summed E-state index contributed by atoms with van der Waals surface area (Å²) in [6, 6.07) is 0.307. The van der Waals surface area contributed by atoms with Crippen LogP contribution in [0.15, 0.2) is 12.2 Å². The third-order valence-electron chi connectivity index (χ3n) is 3.25. The molecule has 0 amide bonds. The molecule has 0 aliphatic carbocycles. The smallest absolute Gasteiger partial charge is 0.379 e. The maximum atomic E-state index is 12.2. The number of hydrogen-bond donors (Lipinski definition) is 0. The first-order valence-electron chi connectivity index (χ1n) is 6.29. The zero-order valence-corrected chi connectivity index (χ0v) is 11.8. The quantitative estimate of drug-likeness (QED) is 0.547. The van der Waals surface area contributed by atoms with Crippen molar-refractivity contribution in [1.29, 1.82) is 0 Å². The first-order valence-corrected chi connectivity index (χ1v) is 8.00. The molecule has 0 radical (unpaired) electrons. The lowest BCUT2D eigenvalue weighted by Gasteiger charge is -2.37. The second-order valence-corrected chi connectivity index (χ2v) is 7.23. The SMILES string of the molecule is CC=CCC1([SiH2]CCC(F)(F)F)CCCCO1. The molecule has 0 spiro atoms. The second kappa shape index (κ2) is 6.59. The Morgan fingerprint density at radius 2 is 2.12 bits per heavy atom. The molecule has 1 aliphatic rings. The number of halogens is 3. The summed E-state index contributed by atoms with van der Waals surface area (Å²) in [7, 11) is -0.835. The molecule has 0 aromatic carbocycles. The van der Waals surface area contributed by atoms with Gasteiger partial charge in [0.1, 0.15) is 0 Å². The fourth-order valence-corrected chi connectivity index (χ4v) is 4.70. The van der Waals surface area contributed by atoms with E-state index in [-0.39, 0.29) is 5.22 Å². The van der Waals surface area contributed by atoms with Gasteiger partial charge in [-0.05, 0) is 32.6 Å². The first kappa shape index (κ1) is 14.8. The Hall–Kier alpha value is -0.293. The van der Waals surface area contributed by atoms with Crippen molar-refractivity contribution in [2.75, 3.05) is 6.61 Å². The predicted molar refractivity (Wildman–Crippen MR) is 66.0 cm³/mol. The van der Waals surface area contributed by atoms with Gasteiger partial charge in [0.15, 0.2) is 0 Å². The zero-order valence-electron chi connectivity index (χ0n) is 10.4. The largest absolute Gasteiger partial charge is 0.388 e. The lowest BCUT2D eigenvalue weighted by atomic mass is 10.1. The Bertz CT molecular complexity index is 245. The van der Waals surface area contributed by atoms with Crippen LogP contribution in [0.1, 0.15) is 39.0 Å². The maximum absolute atomic E-state index is 12.2. The van der Waals surface area contributed by atoms with Crippen molar-refractivity contribution in [3.8, 4) is 0 Å². The molecule has 17 heavy (non-hydrogen) atoms. The summed E-state index contributed by atoms with van der Waals surface area (Å²) in [5.74, 6) is 0.